The standard InChI is InChI=1S/C4H9NO4P2/c6-10-3-5-1-2-9-11(7,8)4-5/h1-4H2,(H,7,8). The second-order valence-electron chi connectivity index (χ2n) is 2.28. The molecule has 0 bridgehead atoms. The molecule has 1 saturated heterocycles. The van der Waals surface area contributed by atoms with Gasteiger partial charge in [-0.1, -0.05) is 0 Å². The van der Waals surface area contributed by atoms with Crippen molar-refractivity contribution in [1.82, 2.24) is 4.90 Å². The Labute approximate surface area is 66.1 Å². The lowest BCUT2D eigenvalue weighted by Gasteiger charge is -2.27. The molecule has 0 aromatic rings. The van der Waals surface area contributed by atoms with Crippen molar-refractivity contribution in [3.8, 4) is 0 Å². The molecule has 7 heteroatoms. The maximum Gasteiger partial charge on any atom is 0.342 e. The van der Waals surface area contributed by atoms with E-state index < -0.39 is 7.60 Å². The fourth-order valence-electron chi connectivity index (χ4n) is 0.874. The molecule has 0 amide bonds. The molecule has 1 unspecified atom stereocenters. The van der Waals surface area contributed by atoms with Crippen molar-refractivity contribution in [3.63, 3.8) is 0 Å². The Kier molecular flexibility index (Phi) is 3.16. The average Bonchev–Trinajstić information content (AvgIpc) is 1.85. The average molecular weight is 197 g/mol. The number of hydrogen-bond donors (Lipinski definition) is 1. The molecule has 1 N–H and O–H groups in total. The van der Waals surface area contributed by atoms with Crippen molar-refractivity contribution < 1.29 is 18.5 Å². The van der Waals surface area contributed by atoms with Crippen LogP contribution in [0.2, 0.25) is 0 Å². The zero-order valence-corrected chi connectivity index (χ0v) is 7.63. The highest BCUT2D eigenvalue weighted by molar-refractivity contribution is 7.52. The molecule has 1 aliphatic rings. The Balaban J connectivity index is 2.46. The van der Waals surface area contributed by atoms with E-state index in [9.17, 15) is 9.13 Å². The van der Waals surface area contributed by atoms with Gasteiger partial charge in [0, 0.05) is 6.54 Å². The van der Waals surface area contributed by atoms with Gasteiger partial charge in [0.05, 0.1) is 12.9 Å². The Hall–Kier alpha value is 0.210. The molecular weight excluding hydrogens is 188 g/mol. The first-order valence-corrected chi connectivity index (χ1v) is 5.88. The van der Waals surface area contributed by atoms with E-state index in [0.29, 0.717) is 12.8 Å². The van der Waals surface area contributed by atoms with Crippen molar-refractivity contribution in [2.75, 3.05) is 25.7 Å². The zero-order chi connectivity index (χ0) is 8.32. The molecule has 1 heterocycles. The van der Waals surface area contributed by atoms with Gasteiger partial charge in [-0.05, 0) is 0 Å². The summed E-state index contributed by atoms with van der Waals surface area (Å²) in [7, 11) is -3.41. The van der Waals surface area contributed by atoms with Gasteiger partial charge in [0.15, 0.2) is 8.46 Å². The van der Waals surface area contributed by atoms with E-state index >= 15 is 0 Å². The Bertz CT molecular complexity index is 197. The second kappa shape index (κ2) is 3.74. The molecule has 0 aromatic heterocycles. The quantitative estimate of drug-likeness (QED) is 0.660. The van der Waals surface area contributed by atoms with Gasteiger partial charge in [-0.2, -0.15) is 0 Å². The molecule has 0 saturated carbocycles. The second-order valence-corrected chi connectivity index (χ2v) is 4.63. The first-order valence-electron chi connectivity index (χ1n) is 3.12. The van der Waals surface area contributed by atoms with E-state index in [1.807, 2.05) is 0 Å². The molecule has 0 aromatic carbocycles. The van der Waals surface area contributed by atoms with Crippen molar-refractivity contribution in [2.45, 2.75) is 0 Å². The van der Waals surface area contributed by atoms with Gasteiger partial charge >= 0.3 is 7.60 Å². The smallest absolute Gasteiger partial charge is 0.323 e. The highest BCUT2D eigenvalue weighted by Crippen LogP contribution is 2.44. The van der Waals surface area contributed by atoms with Crippen LogP contribution in [0.5, 0.6) is 0 Å². The summed E-state index contributed by atoms with van der Waals surface area (Å²) >= 11 is 0. The third-order valence-electron chi connectivity index (χ3n) is 1.34. The van der Waals surface area contributed by atoms with Crippen LogP contribution in [-0.2, 0) is 13.7 Å². The molecule has 1 atom stereocenters. The largest absolute Gasteiger partial charge is 0.342 e. The predicted octanol–water partition coefficient (Wildman–Crippen LogP) is 0.711. The molecule has 0 spiro atoms. The van der Waals surface area contributed by atoms with Crippen LogP contribution >= 0.6 is 16.1 Å². The van der Waals surface area contributed by atoms with Crippen molar-refractivity contribution in [2.24, 2.45) is 0 Å². The van der Waals surface area contributed by atoms with Gasteiger partial charge < -0.3 is 9.42 Å². The van der Waals surface area contributed by atoms with Crippen LogP contribution in [0.25, 0.3) is 0 Å². The maximum absolute atomic E-state index is 10.9. The molecule has 1 aliphatic heterocycles. The topological polar surface area (TPSA) is 66.8 Å². The van der Waals surface area contributed by atoms with Crippen LogP contribution in [0, 0.1) is 0 Å². The third-order valence-corrected chi connectivity index (χ3v) is 3.20. The van der Waals surface area contributed by atoms with Crippen LogP contribution in [0.15, 0.2) is 0 Å². The molecule has 1 fully saturated rings. The number of nitrogens with zero attached hydrogens (tertiary/aromatic N) is 1. The lowest BCUT2D eigenvalue weighted by atomic mass is 10.6. The molecule has 1 rings (SSSR count). The van der Waals surface area contributed by atoms with Gasteiger partial charge in [0.1, 0.15) is 6.29 Å². The summed E-state index contributed by atoms with van der Waals surface area (Å²) in [5, 5.41) is 0. The van der Waals surface area contributed by atoms with E-state index in [2.05, 4.69) is 4.52 Å². The summed E-state index contributed by atoms with van der Waals surface area (Å²) in [6.45, 7) is 0.809. The summed E-state index contributed by atoms with van der Waals surface area (Å²) in [4.78, 5) is 10.6. The van der Waals surface area contributed by atoms with Gasteiger partial charge in [-0.3, -0.25) is 14.0 Å². The first-order chi connectivity index (χ1) is 5.14. The minimum absolute atomic E-state index is 0.0117. The third kappa shape index (κ3) is 2.97. The molecule has 0 aliphatic carbocycles. The molecular formula is C4H9NO4P2. The van der Waals surface area contributed by atoms with Crippen LogP contribution in [0.1, 0.15) is 0 Å². The Morgan fingerprint density at radius 1 is 1.73 bits per heavy atom. The van der Waals surface area contributed by atoms with E-state index in [1.165, 1.54) is 0 Å². The number of rotatable bonds is 2. The summed E-state index contributed by atoms with van der Waals surface area (Å²) in [5.41, 5.74) is 0. The molecule has 5 nitrogen and oxygen atoms in total. The van der Waals surface area contributed by atoms with Gasteiger partial charge in [0.2, 0.25) is 0 Å². The summed E-state index contributed by atoms with van der Waals surface area (Å²) in [5.74, 6) is 0. The monoisotopic (exact) mass is 197 g/mol. The van der Waals surface area contributed by atoms with Gasteiger partial charge in [-0.25, -0.2) is 0 Å². The van der Waals surface area contributed by atoms with E-state index in [1.54, 1.807) is 4.90 Å². The minimum atomic E-state index is -3.39. The van der Waals surface area contributed by atoms with Crippen LogP contribution in [0.4, 0.5) is 0 Å². The minimum Gasteiger partial charge on any atom is -0.323 e. The highest BCUT2D eigenvalue weighted by Gasteiger charge is 2.28. The fraction of sp³-hybridized carbons (Fsp3) is 1.00. The zero-order valence-electron chi connectivity index (χ0n) is 5.84. The molecule has 0 radical (unpaired) electrons. The van der Waals surface area contributed by atoms with Crippen LogP contribution < -0.4 is 0 Å². The first kappa shape index (κ1) is 9.30. The molecule has 11 heavy (non-hydrogen) atoms. The predicted molar refractivity (Wildman–Crippen MR) is 39.8 cm³/mol. The normalized spacial score (nSPS) is 34.3. The SMILES string of the molecule is O=PCN1CCOP(=O)(O)C1. The van der Waals surface area contributed by atoms with Crippen molar-refractivity contribution in [3.05, 3.63) is 0 Å². The lowest BCUT2D eigenvalue weighted by molar-refractivity contribution is 0.170. The number of hydrogen-bond acceptors (Lipinski definition) is 4. The van der Waals surface area contributed by atoms with Crippen LogP contribution in [0.3, 0.4) is 0 Å². The Morgan fingerprint density at radius 3 is 3.00 bits per heavy atom. The lowest BCUT2D eigenvalue weighted by Crippen LogP contribution is -2.32. The van der Waals surface area contributed by atoms with Gasteiger partial charge in [-0.15, -0.1) is 0 Å². The maximum atomic E-state index is 10.9. The summed E-state index contributed by atoms with van der Waals surface area (Å²) in [6, 6.07) is 0. The molecule has 64 valence electrons. The van der Waals surface area contributed by atoms with Crippen molar-refractivity contribution >= 4 is 16.1 Å². The van der Waals surface area contributed by atoms with E-state index in [4.69, 9.17) is 4.89 Å². The van der Waals surface area contributed by atoms with Crippen LogP contribution in [-0.4, -0.2) is 35.5 Å². The van der Waals surface area contributed by atoms with E-state index in [-0.39, 0.29) is 21.4 Å². The fourth-order valence-corrected chi connectivity index (χ4v) is 2.63. The Morgan fingerprint density at radius 2 is 2.45 bits per heavy atom. The summed E-state index contributed by atoms with van der Waals surface area (Å²) in [6.07, 6.45) is 0.288. The van der Waals surface area contributed by atoms with E-state index in [0.717, 1.165) is 0 Å². The van der Waals surface area contributed by atoms with Gasteiger partial charge in [0.25, 0.3) is 0 Å². The van der Waals surface area contributed by atoms with Crippen molar-refractivity contribution in [1.29, 1.82) is 0 Å². The highest BCUT2D eigenvalue weighted by atomic mass is 31.2. The summed E-state index contributed by atoms with van der Waals surface area (Å²) < 4.78 is 25.6.